The van der Waals surface area contributed by atoms with Crippen LogP contribution in [0.25, 0.3) is 0 Å². The van der Waals surface area contributed by atoms with Gasteiger partial charge in [0.1, 0.15) is 0 Å². The Labute approximate surface area is 46.6 Å². The fourth-order valence-electron chi connectivity index (χ4n) is 0.316. The second-order valence-electron chi connectivity index (χ2n) is 1.26. The first-order chi connectivity index (χ1) is 3.71. The van der Waals surface area contributed by atoms with Crippen LogP contribution < -0.4 is 5.50 Å². The van der Waals surface area contributed by atoms with E-state index >= 15 is 0 Å². The van der Waals surface area contributed by atoms with E-state index in [0.717, 1.165) is 0 Å². The first-order valence-corrected chi connectivity index (χ1v) is 3.63. The Morgan fingerprint density at radius 1 is 1.75 bits per heavy atom. The molecule has 0 aromatic carbocycles. The number of hydrogen-bond donors (Lipinski definition) is 1. The van der Waals surface area contributed by atoms with E-state index in [1.807, 2.05) is 0 Å². The van der Waals surface area contributed by atoms with Crippen LogP contribution in [0.2, 0.25) is 0 Å². The van der Waals surface area contributed by atoms with E-state index in [-0.39, 0.29) is 0 Å². The van der Waals surface area contributed by atoms with Gasteiger partial charge >= 0.3 is 7.67 Å². The van der Waals surface area contributed by atoms with Crippen LogP contribution in [0.15, 0.2) is 17.1 Å². The van der Waals surface area contributed by atoms with Gasteiger partial charge in [-0.3, -0.25) is 0 Å². The molecule has 44 valence electrons. The van der Waals surface area contributed by atoms with Crippen LogP contribution in [0.4, 0.5) is 0 Å². The third-order valence-corrected chi connectivity index (χ3v) is 1.48. The van der Waals surface area contributed by atoms with Crippen LogP contribution in [-0.4, -0.2) is 6.21 Å². The molecule has 0 aromatic rings. The van der Waals surface area contributed by atoms with Crippen molar-refractivity contribution in [1.29, 1.82) is 0 Å². The van der Waals surface area contributed by atoms with Gasteiger partial charge in [0, 0.05) is 6.21 Å². The summed E-state index contributed by atoms with van der Waals surface area (Å²) in [6, 6.07) is 0. The van der Waals surface area contributed by atoms with Crippen molar-refractivity contribution in [3.63, 3.8) is 0 Å². The maximum Gasteiger partial charge on any atom is 0.434 e. The molecule has 0 saturated heterocycles. The molecule has 1 rings (SSSR count). The molecule has 1 aliphatic heterocycles. The van der Waals surface area contributed by atoms with E-state index in [9.17, 15) is 4.57 Å². The molecular formula is C3H5N2O2P. The average Bonchev–Trinajstić information content (AvgIpc) is 1.65. The van der Waals surface area contributed by atoms with Crippen LogP contribution in [0.3, 0.4) is 0 Å². The van der Waals surface area contributed by atoms with Gasteiger partial charge < -0.3 is 4.52 Å². The van der Waals surface area contributed by atoms with Crippen LogP contribution in [0.1, 0.15) is 0 Å². The lowest BCUT2D eigenvalue weighted by molar-refractivity contribution is 0.441. The minimum Gasteiger partial charge on any atom is -0.425 e. The second kappa shape index (κ2) is 1.73. The SMILES string of the molecule is NP1(=O)N=CC=CO1. The van der Waals surface area contributed by atoms with E-state index in [0.29, 0.717) is 0 Å². The van der Waals surface area contributed by atoms with Crippen molar-refractivity contribution in [2.45, 2.75) is 0 Å². The molecule has 0 fully saturated rings. The van der Waals surface area contributed by atoms with Gasteiger partial charge in [0.15, 0.2) is 0 Å². The van der Waals surface area contributed by atoms with Gasteiger partial charge in [-0.05, 0) is 6.08 Å². The predicted octanol–water partition coefficient (Wildman–Crippen LogP) is 0.668. The Balaban J connectivity index is 2.81. The molecule has 1 aliphatic rings. The standard InChI is InChI=1S/C3H5N2O2P/c4-8(6)5-2-1-3-7-8/h1-3H,(H2,4,6). The summed E-state index contributed by atoms with van der Waals surface area (Å²) in [5, 5.41) is 0. The van der Waals surface area contributed by atoms with Crippen molar-refractivity contribution in [2.75, 3.05) is 0 Å². The molecule has 2 N–H and O–H groups in total. The molecule has 1 atom stereocenters. The quantitative estimate of drug-likeness (QED) is 0.492. The minimum absolute atomic E-state index is 1.26. The molecule has 0 amide bonds. The summed E-state index contributed by atoms with van der Waals surface area (Å²) < 4.78 is 18.3. The zero-order chi connectivity index (χ0) is 6.04. The highest BCUT2D eigenvalue weighted by atomic mass is 31.2. The molecular weight excluding hydrogens is 127 g/mol. The van der Waals surface area contributed by atoms with E-state index in [1.54, 1.807) is 0 Å². The van der Waals surface area contributed by atoms with Crippen molar-refractivity contribution < 1.29 is 9.09 Å². The first kappa shape index (κ1) is 5.54. The fourth-order valence-corrected chi connectivity index (χ4v) is 0.878. The average molecular weight is 132 g/mol. The van der Waals surface area contributed by atoms with Gasteiger partial charge in [0.25, 0.3) is 0 Å². The van der Waals surface area contributed by atoms with E-state index in [2.05, 4.69) is 9.29 Å². The highest BCUT2D eigenvalue weighted by molar-refractivity contribution is 7.55. The van der Waals surface area contributed by atoms with Crippen molar-refractivity contribution in [2.24, 2.45) is 10.3 Å². The molecule has 0 bridgehead atoms. The summed E-state index contributed by atoms with van der Waals surface area (Å²) in [6.07, 6.45) is 4.13. The van der Waals surface area contributed by atoms with E-state index < -0.39 is 7.67 Å². The van der Waals surface area contributed by atoms with Crippen LogP contribution in [-0.2, 0) is 9.09 Å². The smallest absolute Gasteiger partial charge is 0.425 e. The van der Waals surface area contributed by atoms with Crippen molar-refractivity contribution in [1.82, 2.24) is 0 Å². The Morgan fingerprint density at radius 2 is 2.50 bits per heavy atom. The number of nitrogens with two attached hydrogens (primary N) is 1. The Bertz CT molecular complexity index is 186. The molecule has 0 aliphatic carbocycles. The van der Waals surface area contributed by atoms with Gasteiger partial charge in [-0.15, -0.1) is 0 Å². The number of allylic oxidation sites excluding steroid dienone is 1. The van der Waals surface area contributed by atoms with Crippen molar-refractivity contribution in [3.05, 3.63) is 12.3 Å². The van der Waals surface area contributed by atoms with Crippen LogP contribution in [0.5, 0.6) is 0 Å². The van der Waals surface area contributed by atoms with Gasteiger partial charge in [0.05, 0.1) is 6.26 Å². The monoisotopic (exact) mass is 132 g/mol. The third-order valence-electron chi connectivity index (χ3n) is 0.604. The summed E-state index contributed by atoms with van der Waals surface area (Å²) in [7, 11) is -3.10. The summed E-state index contributed by atoms with van der Waals surface area (Å²) in [4.78, 5) is 0. The Kier molecular flexibility index (Phi) is 1.19. The number of rotatable bonds is 0. The highest BCUT2D eigenvalue weighted by Gasteiger charge is 2.13. The van der Waals surface area contributed by atoms with Gasteiger partial charge in [-0.25, -0.2) is 10.1 Å². The molecule has 4 nitrogen and oxygen atoms in total. The number of hydrogen-bond acceptors (Lipinski definition) is 2. The van der Waals surface area contributed by atoms with E-state index in [1.165, 1.54) is 18.6 Å². The first-order valence-electron chi connectivity index (χ1n) is 1.98. The number of nitrogens with zero attached hydrogens (tertiary/aromatic N) is 1. The maximum absolute atomic E-state index is 10.5. The Hall–Kier alpha value is -0.600. The van der Waals surface area contributed by atoms with E-state index in [4.69, 9.17) is 5.50 Å². The zero-order valence-corrected chi connectivity index (χ0v) is 4.91. The Morgan fingerprint density at radius 3 is 2.75 bits per heavy atom. The van der Waals surface area contributed by atoms with Crippen molar-refractivity contribution >= 4 is 13.9 Å². The summed E-state index contributed by atoms with van der Waals surface area (Å²) in [5.74, 6) is 0. The molecule has 0 saturated carbocycles. The largest absolute Gasteiger partial charge is 0.434 e. The van der Waals surface area contributed by atoms with Gasteiger partial charge in [0.2, 0.25) is 0 Å². The van der Waals surface area contributed by atoms with Gasteiger partial charge in [-0.1, -0.05) is 0 Å². The molecule has 0 aromatic heterocycles. The minimum atomic E-state index is -3.10. The lowest BCUT2D eigenvalue weighted by Gasteiger charge is -2.06. The lowest BCUT2D eigenvalue weighted by atomic mass is 10.7. The topological polar surface area (TPSA) is 64.7 Å². The fraction of sp³-hybridized carbons (Fsp3) is 0. The maximum atomic E-state index is 10.5. The molecule has 5 heteroatoms. The molecule has 1 heterocycles. The molecule has 8 heavy (non-hydrogen) atoms. The zero-order valence-electron chi connectivity index (χ0n) is 4.02. The van der Waals surface area contributed by atoms with Crippen LogP contribution in [0, 0.1) is 0 Å². The van der Waals surface area contributed by atoms with Gasteiger partial charge in [-0.2, -0.15) is 4.76 Å². The molecule has 1 unspecified atom stereocenters. The van der Waals surface area contributed by atoms with Crippen molar-refractivity contribution in [3.8, 4) is 0 Å². The molecule has 0 radical (unpaired) electrons. The predicted molar refractivity (Wildman–Crippen MR) is 30.5 cm³/mol. The molecule has 0 spiro atoms. The highest BCUT2D eigenvalue weighted by Crippen LogP contribution is 2.40. The van der Waals surface area contributed by atoms with Crippen LogP contribution >= 0.6 is 7.67 Å². The third kappa shape index (κ3) is 1.18. The summed E-state index contributed by atoms with van der Waals surface area (Å²) in [5.41, 5.74) is 4.96. The second-order valence-corrected chi connectivity index (χ2v) is 2.83. The lowest BCUT2D eigenvalue weighted by Crippen LogP contribution is -1.95. The summed E-state index contributed by atoms with van der Waals surface area (Å²) in [6.45, 7) is 0. The summed E-state index contributed by atoms with van der Waals surface area (Å²) >= 11 is 0. The normalized spacial score (nSPS) is 34.6.